The summed E-state index contributed by atoms with van der Waals surface area (Å²) in [4.78, 5) is 61.2. The molecule has 4 N–H and O–H groups in total. The highest BCUT2D eigenvalue weighted by molar-refractivity contribution is 8.01. The number of ether oxygens (including phenoxy) is 2. The third kappa shape index (κ3) is 18.2. The molecule has 4 amide bonds. The van der Waals surface area contributed by atoms with Gasteiger partial charge in [0.2, 0.25) is 0 Å². The number of hydrogen-bond donors (Lipinski definition) is 4. The average molecular weight is 967 g/mol. The van der Waals surface area contributed by atoms with Gasteiger partial charge in [0.15, 0.2) is 10.3 Å². The molecule has 0 spiro atoms. The van der Waals surface area contributed by atoms with Crippen molar-refractivity contribution in [2.75, 3.05) is 35.4 Å². The quantitative estimate of drug-likeness (QED) is 0.0729. The van der Waals surface area contributed by atoms with Crippen molar-refractivity contribution in [3.63, 3.8) is 0 Å². The van der Waals surface area contributed by atoms with Crippen molar-refractivity contribution in [1.29, 1.82) is 0 Å². The van der Waals surface area contributed by atoms with E-state index in [0.717, 1.165) is 105 Å². The molecule has 0 atom stereocenters. The number of thioether (sulfide) groups is 2. The van der Waals surface area contributed by atoms with Crippen LogP contribution in [0.2, 0.25) is 0 Å². The minimum Gasteiger partial charge on any atom is -0.481 e. The Balaban J connectivity index is 0.000000241. The molecule has 6 rings (SSSR count). The number of aromatic nitrogens is 2. The molecule has 18 heteroatoms. The monoisotopic (exact) mass is 966 g/mol. The van der Waals surface area contributed by atoms with Gasteiger partial charge in [-0.3, -0.25) is 20.2 Å². The first-order valence-electron chi connectivity index (χ1n) is 24.0. The number of anilines is 2. The van der Waals surface area contributed by atoms with Gasteiger partial charge >= 0.3 is 24.0 Å². The van der Waals surface area contributed by atoms with Crippen LogP contribution in [-0.4, -0.2) is 115 Å². The highest BCUT2D eigenvalue weighted by Crippen LogP contribution is 2.36. The van der Waals surface area contributed by atoms with E-state index in [-0.39, 0.29) is 37.0 Å². The molecule has 2 aromatic heterocycles. The zero-order valence-electron chi connectivity index (χ0n) is 38.3. The summed E-state index contributed by atoms with van der Waals surface area (Å²) in [5.74, 6) is -0.0564. The topological polar surface area (TPSA) is 184 Å². The van der Waals surface area contributed by atoms with Gasteiger partial charge < -0.3 is 29.5 Å². The first kappa shape index (κ1) is 52.3. The van der Waals surface area contributed by atoms with Gasteiger partial charge in [-0.25, -0.2) is 19.6 Å². The second kappa shape index (κ2) is 28.5. The first-order valence-corrected chi connectivity index (χ1v) is 27.6. The maximum atomic E-state index is 13.5. The molecule has 0 saturated heterocycles. The Hall–Kier alpha value is -2.64. The van der Waals surface area contributed by atoms with Crippen molar-refractivity contribution in [1.82, 2.24) is 19.8 Å². The summed E-state index contributed by atoms with van der Waals surface area (Å²) in [5, 5.41) is 24.9. The number of aliphatic carboxylic acids is 2. The fourth-order valence-corrected chi connectivity index (χ4v) is 13.0. The average Bonchev–Trinajstić information content (AvgIpc) is 3.83. The van der Waals surface area contributed by atoms with E-state index < -0.39 is 11.9 Å². The van der Waals surface area contributed by atoms with Crippen molar-refractivity contribution in [2.24, 2.45) is 5.92 Å². The summed E-state index contributed by atoms with van der Waals surface area (Å²) in [5.41, 5.74) is 0. The Morgan fingerprint density at radius 2 is 1.03 bits per heavy atom. The van der Waals surface area contributed by atoms with E-state index in [1.807, 2.05) is 0 Å². The molecular weight excluding hydrogens is 893 g/mol. The van der Waals surface area contributed by atoms with Gasteiger partial charge in [-0.1, -0.05) is 88.4 Å². The number of hydrogen-bond acceptors (Lipinski definition) is 12. The number of carbonyl (C=O) groups is 4. The lowest BCUT2D eigenvalue weighted by Crippen LogP contribution is -2.51. The van der Waals surface area contributed by atoms with Crippen LogP contribution >= 0.6 is 46.2 Å². The van der Waals surface area contributed by atoms with Crippen LogP contribution in [0.5, 0.6) is 0 Å². The maximum Gasteiger partial charge on any atom is 0.324 e. The van der Waals surface area contributed by atoms with Crippen LogP contribution in [0, 0.1) is 5.92 Å². The lowest BCUT2D eigenvalue weighted by Gasteiger charge is -2.42. The predicted octanol–water partition coefficient (Wildman–Crippen LogP) is 11.9. The van der Waals surface area contributed by atoms with E-state index in [9.17, 15) is 19.2 Å². The summed E-state index contributed by atoms with van der Waals surface area (Å²) in [6.07, 6.45) is 26.2. The van der Waals surface area contributed by atoms with Gasteiger partial charge in [-0.05, 0) is 89.4 Å². The zero-order valence-corrected chi connectivity index (χ0v) is 41.6. The number of rotatable bonds is 20. The molecule has 64 heavy (non-hydrogen) atoms. The number of thiazole rings is 2. The molecule has 2 heterocycles. The van der Waals surface area contributed by atoms with E-state index in [4.69, 9.17) is 19.7 Å². The van der Waals surface area contributed by atoms with Crippen molar-refractivity contribution in [3.8, 4) is 0 Å². The molecule has 0 bridgehead atoms. The molecule has 14 nitrogen and oxygen atoms in total. The van der Waals surface area contributed by atoms with Crippen LogP contribution in [-0.2, 0) is 19.1 Å². The highest BCUT2D eigenvalue weighted by Gasteiger charge is 2.36. The van der Waals surface area contributed by atoms with E-state index in [2.05, 4.69) is 51.2 Å². The molecule has 4 saturated carbocycles. The van der Waals surface area contributed by atoms with Crippen molar-refractivity contribution < 1.29 is 38.9 Å². The summed E-state index contributed by atoms with van der Waals surface area (Å²) < 4.78 is 13.9. The third-order valence-electron chi connectivity index (χ3n) is 12.5. The molecule has 4 aliphatic carbocycles. The number of carbonyl (C=O) groups excluding carboxylic acids is 2. The molecule has 2 aromatic rings. The molecule has 4 fully saturated rings. The number of urea groups is 2. The van der Waals surface area contributed by atoms with Crippen LogP contribution < -0.4 is 10.6 Å². The van der Waals surface area contributed by atoms with Crippen LogP contribution in [0.4, 0.5) is 19.9 Å². The molecule has 360 valence electrons. The minimum atomic E-state index is -0.803. The maximum absolute atomic E-state index is 13.5. The number of carboxylic acids is 2. The van der Waals surface area contributed by atoms with Crippen molar-refractivity contribution in [2.45, 2.75) is 207 Å². The molecule has 0 radical (unpaired) electrons. The molecule has 0 aromatic carbocycles. The summed E-state index contributed by atoms with van der Waals surface area (Å²) >= 11 is 5.76. The summed E-state index contributed by atoms with van der Waals surface area (Å²) in [6.45, 7) is 8.11. The lowest BCUT2D eigenvalue weighted by atomic mass is 9.87. The normalized spacial score (nSPS) is 22.2. The Morgan fingerprint density at radius 1 is 0.641 bits per heavy atom. The summed E-state index contributed by atoms with van der Waals surface area (Å²) in [7, 11) is 0. The molecule has 0 unspecified atom stereocenters. The van der Waals surface area contributed by atoms with Gasteiger partial charge in [0.05, 0.1) is 45.9 Å². The predicted molar refractivity (Wildman–Crippen MR) is 259 cm³/mol. The van der Waals surface area contributed by atoms with Crippen LogP contribution in [0.15, 0.2) is 20.8 Å². The number of nitrogens with one attached hydrogen (secondary N) is 2. The fraction of sp³-hybridized carbons (Fsp3) is 0.783. The second-order valence-corrected chi connectivity index (χ2v) is 22.9. The Kier molecular flexibility index (Phi) is 23.3. The Bertz CT molecular complexity index is 1680. The Morgan fingerprint density at radius 3 is 1.42 bits per heavy atom. The molecule has 4 aliphatic rings. The highest BCUT2D eigenvalue weighted by atomic mass is 32.2. The first-order chi connectivity index (χ1) is 31.0. The zero-order chi connectivity index (χ0) is 45.7. The van der Waals surface area contributed by atoms with Crippen LogP contribution in [0.3, 0.4) is 0 Å². The third-order valence-corrected chi connectivity index (χ3v) is 16.7. The fourth-order valence-electron chi connectivity index (χ4n) is 9.31. The lowest BCUT2D eigenvalue weighted by molar-refractivity contribution is -0.137. The minimum absolute atomic E-state index is 0.0359. The van der Waals surface area contributed by atoms with Gasteiger partial charge in [-0.2, -0.15) is 0 Å². The van der Waals surface area contributed by atoms with Crippen LogP contribution in [0.1, 0.15) is 162 Å². The van der Waals surface area contributed by atoms with Crippen LogP contribution in [0.25, 0.3) is 0 Å². The van der Waals surface area contributed by atoms with E-state index >= 15 is 0 Å². The largest absolute Gasteiger partial charge is 0.481 e. The van der Waals surface area contributed by atoms with E-state index in [0.29, 0.717) is 52.0 Å². The van der Waals surface area contributed by atoms with Crippen molar-refractivity contribution >= 4 is 80.5 Å². The van der Waals surface area contributed by atoms with Gasteiger partial charge in [-0.15, -0.1) is 23.5 Å². The Labute approximate surface area is 397 Å². The molecular formula is C46H74N6O8S4. The van der Waals surface area contributed by atoms with Crippen molar-refractivity contribution in [3.05, 3.63) is 12.4 Å². The van der Waals surface area contributed by atoms with Gasteiger partial charge in [0.1, 0.15) is 0 Å². The van der Waals surface area contributed by atoms with E-state index in [1.165, 1.54) is 91.1 Å². The standard InChI is InChI=1S/2C23H37N3O4S2/c1-16(2)15-30-19-10-8-18(9-11-19)26(17-6-4-3-5-7-17)23(29)25-22-24-14-21(32-22)31-13-12-20(27)28;1-2-14-30-19-11-9-18(10-12-19)26(17-7-5-3-4-6-8-17)23(29)25-22-24-16-21(32-22)31-15-13-20(27)28/h14,16-19H,3-13,15H2,1-2H3,(H,27,28)(H,24,25,29);16-19H,2-15H2,1H3,(H,27,28)(H,24,25,29). The van der Waals surface area contributed by atoms with E-state index in [1.54, 1.807) is 12.4 Å². The smallest absolute Gasteiger partial charge is 0.324 e. The second-order valence-electron chi connectivity index (χ2n) is 18.0. The number of carboxylic acid groups (broad SMARTS) is 2. The molecule has 0 aliphatic heterocycles. The van der Waals surface area contributed by atoms with Gasteiger partial charge in [0.25, 0.3) is 0 Å². The van der Waals surface area contributed by atoms with Gasteiger partial charge in [0, 0.05) is 48.9 Å². The summed E-state index contributed by atoms with van der Waals surface area (Å²) in [6, 6.07) is 1.02. The number of nitrogens with zero attached hydrogens (tertiary/aromatic N) is 4. The number of amides is 4. The SMILES string of the molecule is CC(C)COC1CCC(N(C(=O)Nc2ncc(SCCC(=O)O)s2)C2CCCCC2)CC1.CCCOC1CCC(N(C(=O)Nc2ncc(SCCC(=O)O)s2)C2CCCCCC2)CC1.